The SMILES string of the molecule is N#Cc1c(Cl)cccc1N1CC2CCCC(C2)C1. The molecule has 2 atom stereocenters. The highest BCUT2D eigenvalue weighted by atomic mass is 35.5. The van der Waals surface area contributed by atoms with Gasteiger partial charge in [0.15, 0.2) is 0 Å². The third-order valence-electron chi connectivity index (χ3n) is 4.29. The van der Waals surface area contributed by atoms with Crippen LogP contribution in [-0.4, -0.2) is 13.1 Å². The number of hydrogen-bond acceptors (Lipinski definition) is 2. The number of halogens is 1. The summed E-state index contributed by atoms with van der Waals surface area (Å²) in [4.78, 5) is 2.38. The number of hydrogen-bond donors (Lipinski definition) is 0. The van der Waals surface area contributed by atoms with E-state index in [1.165, 1.54) is 25.7 Å². The molecular formula is C15H17ClN2. The summed E-state index contributed by atoms with van der Waals surface area (Å²) in [7, 11) is 0. The predicted octanol–water partition coefficient (Wildman–Crippen LogP) is 3.84. The average Bonchev–Trinajstić information content (AvgIpc) is 2.38. The lowest BCUT2D eigenvalue weighted by molar-refractivity contribution is 0.231. The van der Waals surface area contributed by atoms with Crippen LogP contribution < -0.4 is 4.90 Å². The van der Waals surface area contributed by atoms with E-state index < -0.39 is 0 Å². The molecule has 2 bridgehead atoms. The molecule has 1 heterocycles. The van der Waals surface area contributed by atoms with Crippen molar-refractivity contribution in [3.05, 3.63) is 28.8 Å². The molecule has 1 saturated carbocycles. The molecule has 1 aromatic carbocycles. The lowest BCUT2D eigenvalue weighted by Gasteiger charge is -2.42. The fourth-order valence-corrected chi connectivity index (χ4v) is 3.73. The van der Waals surface area contributed by atoms with Gasteiger partial charge < -0.3 is 4.90 Å². The Kier molecular flexibility index (Phi) is 3.18. The van der Waals surface area contributed by atoms with Gasteiger partial charge in [-0.3, -0.25) is 0 Å². The highest BCUT2D eigenvalue weighted by molar-refractivity contribution is 6.32. The number of nitriles is 1. The molecule has 94 valence electrons. The van der Waals surface area contributed by atoms with E-state index in [0.29, 0.717) is 10.6 Å². The minimum atomic E-state index is 0.575. The van der Waals surface area contributed by atoms with Crippen LogP contribution in [0.15, 0.2) is 18.2 Å². The summed E-state index contributed by atoms with van der Waals surface area (Å²) in [6.07, 6.45) is 5.44. The molecule has 2 fully saturated rings. The van der Waals surface area contributed by atoms with Gasteiger partial charge in [0.05, 0.1) is 16.3 Å². The zero-order valence-corrected chi connectivity index (χ0v) is 11.2. The molecule has 3 rings (SSSR count). The summed E-state index contributed by atoms with van der Waals surface area (Å²) in [5.41, 5.74) is 1.67. The summed E-state index contributed by atoms with van der Waals surface area (Å²) in [6.45, 7) is 2.18. The van der Waals surface area contributed by atoms with Crippen LogP contribution in [0.1, 0.15) is 31.2 Å². The van der Waals surface area contributed by atoms with E-state index in [1.807, 2.05) is 12.1 Å². The second kappa shape index (κ2) is 4.82. The van der Waals surface area contributed by atoms with E-state index in [0.717, 1.165) is 30.6 Å². The first-order valence-electron chi connectivity index (χ1n) is 6.71. The second-order valence-corrected chi connectivity index (χ2v) is 5.96. The Balaban J connectivity index is 1.91. The van der Waals surface area contributed by atoms with Crippen LogP contribution in [0.4, 0.5) is 5.69 Å². The molecule has 2 aliphatic rings. The Bertz CT molecular complexity index is 480. The van der Waals surface area contributed by atoms with Gasteiger partial charge in [0, 0.05) is 13.1 Å². The summed E-state index contributed by atoms with van der Waals surface area (Å²) in [5, 5.41) is 9.85. The molecule has 0 spiro atoms. The van der Waals surface area contributed by atoms with Crippen molar-refractivity contribution in [2.24, 2.45) is 11.8 Å². The van der Waals surface area contributed by atoms with Crippen molar-refractivity contribution in [3.63, 3.8) is 0 Å². The molecule has 3 heteroatoms. The van der Waals surface area contributed by atoms with Crippen LogP contribution >= 0.6 is 11.6 Å². The molecule has 1 aliphatic carbocycles. The fourth-order valence-electron chi connectivity index (χ4n) is 3.52. The highest BCUT2D eigenvalue weighted by Gasteiger charge is 2.31. The second-order valence-electron chi connectivity index (χ2n) is 5.55. The molecule has 0 radical (unpaired) electrons. The maximum absolute atomic E-state index is 9.27. The fraction of sp³-hybridized carbons (Fsp3) is 0.533. The first-order valence-corrected chi connectivity index (χ1v) is 7.09. The van der Waals surface area contributed by atoms with E-state index in [1.54, 1.807) is 6.07 Å². The van der Waals surface area contributed by atoms with Crippen molar-refractivity contribution in [2.75, 3.05) is 18.0 Å². The Labute approximate surface area is 113 Å². The maximum Gasteiger partial charge on any atom is 0.103 e. The Morgan fingerprint density at radius 1 is 1.22 bits per heavy atom. The molecule has 18 heavy (non-hydrogen) atoms. The molecule has 0 aromatic heterocycles. The van der Waals surface area contributed by atoms with Crippen LogP contribution in [0.5, 0.6) is 0 Å². The van der Waals surface area contributed by atoms with E-state index in [-0.39, 0.29) is 0 Å². The largest absolute Gasteiger partial charge is 0.370 e. The van der Waals surface area contributed by atoms with Crippen LogP contribution in [0.25, 0.3) is 0 Å². The summed E-state index contributed by atoms with van der Waals surface area (Å²) in [5.74, 6) is 1.62. The Hall–Kier alpha value is -1.20. The zero-order valence-electron chi connectivity index (χ0n) is 10.4. The third kappa shape index (κ3) is 2.08. The van der Waals surface area contributed by atoms with Crippen molar-refractivity contribution in [3.8, 4) is 6.07 Å². The predicted molar refractivity (Wildman–Crippen MR) is 73.8 cm³/mol. The van der Waals surface area contributed by atoms with Gasteiger partial charge in [-0.05, 0) is 43.2 Å². The van der Waals surface area contributed by atoms with Crippen molar-refractivity contribution >= 4 is 17.3 Å². The molecule has 1 aromatic rings. The molecule has 1 saturated heterocycles. The average molecular weight is 261 g/mol. The lowest BCUT2D eigenvalue weighted by Crippen LogP contribution is -2.43. The number of nitrogens with zero attached hydrogens (tertiary/aromatic N) is 2. The first-order chi connectivity index (χ1) is 8.78. The van der Waals surface area contributed by atoms with E-state index >= 15 is 0 Å². The van der Waals surface area contributed by atoms with E-state index in [4.69, 9.17) is 11.6 Å². The zero-order chi connectivity index (χ0) is 12.5. The van der Waals surface area contributed by atoms with E-state index in [9.17, 15) is 5.26 Å². The molecular weight excluding hydrogens is 244 g/mol. The molecule has 0 N–H and O–H groups in total. The van der Waals surface area contributed by atoms with Crippen LogP contribution in [0.2, 0.25) is 5.02 Å². The Morgan fingerprint density at radius 3 is 2.61 bits per heavy atom. The van der Waals surface area contributed by atoms with Gasteiger partial charge in [-0.2, -0.15) is 5.26 Å². The maximum atomic E-state index is 9.27. The highest BCUT2D eigenvalue weighted by Crippen LogP contribution is 2.38. The van der Waals surface area contributed by atoms with Crippen LogP contribution in [-0.2, 0) is 0 Å². The monoisotopic (exact) mass is 260 g/mol. The summed E-state index contributed by atoms with van der Waals surface area (Å²) < 4.78 is 0. The van der Waals surface area contributed by atoms with Crippen molar-refractivity contribution < 1.29 is 0 Å². The number of rotatable bonds is 1. The number of anilines is 1. The third-order valence-corrected chi connectivity index (χ3v) is 4.61. The number of piperidine rings is 1. The van der Waals surface area contributed by atoms with Gasteiger partial charge in [0.1, 0.15) is 6.07 Å². The van der Waals surface area contributed by atoms with Gasteiger partial charge in [0.25, 0.3) is 0 Å². The van der Waals surface area contributed by atoms with Gasteiger partial charge in [-0.25, -0.2) is 0 Å². The van der Waals surface area contributed by atoms with Gasteiger partial charge in [-0.1, -0.05) is 24.1 Å². The van der Waals surface area contributed by atoms with Gasteiger partial charge in [-0.15, -0.1) is 0 Å². The quantitative estimate of drug-likeness (QED) is 0.767. The molecule has 2 unspecified atom stereocenters. The van der Waals surface area contributed by atoms with E-state index in [2.05, 4.69) is 11.0 Å². The lowest BCUT2D eigenvalue weighted by atomic mass is 9.77. The van der Waals surface area contributed by atoms with Crippen LogP contribution in [0.3, 0.4) is 0 Å². The summed E-state index contributed by atoms with van der Waals surface area (Å²) >= 11 is 6.12. The normalized spacial score (nSPS) is 26.8. The molecule has 2 nitrogen and oxygen atoms in total. The molecule has 0 amide bonds. The summed E-state index contributed by atoms with van der Waals surface area (Å²) in [6, 6.07) is 8.03. The smallest absolute Gasteiger partial charge is 0.103 e. The topological polar surface area (TPSA) is 27.0 Å². The van der Waals surface area contributed by atoms with Gasteiger partial charge in [0.2, 0.25) is 0 Å². The van der Waals surface area contributed by atoms with Gasteiger partial charge >= 0.3 is 0 Å². The first kappa shape index (κ1) is 11.9. The number of benzene rings is 1. The minimum absolute atomic E-state index is 0.575. The Morgan fingerprint density at radius 2 is 1.94 bits per heavy atom. The van der Waals surface area contributed by atoms with Crippen molar-refractivity contribution in [2.45, 2.75) is 25.7 Å². The minimum Gasteiger partial charge on any atom is -0.370 e. The van der Waals surface area contributed by atoms with Crippen LogP contribution in [0, 0.1) is 23.2 Å². The number of fused-ring (bicyclic) bond motifs is 2. The molecule has 1 aliphatic heterocycles. The standard InChI is InChI=1S/C15H17ClN2/c16-14-5-2-6-15(13(14)8-17)18-9-11-3-1-4-12(7-11)10-18/h2,5-6,11-12H,1,3-4,7,9-10H2. The van der Waals surface area contributed by atoms with Crippen molar-refractivity contribution in [1.82, 2.24) is 0 Å². The van der Waals surface area contributed by atoms with Crippen molar-refractivity contribution in [1.29, 1.82) is 5.26 Å².